The summed E-state index contributed by atoms with van der Waals surface area (Å²) in [6.07, 6.45) is 4.10. The van der Waals surface area contributed by atoms with Gasteiger partial charge in [0, 0.05) is 38.3 Å². The number of aliphatic imine (C=N–C) groups is 1. The molecule has 1 aliphatic rings. The van der Waals surface area contributed by atoms with Crippen LogP contribution >= 0.6 is 23.2 Å². The Bertz CT molecular complexity index is 610. The molecule has 1 aromatic heterocycles. The minimum absolute atomic E-state index is 0.198. The van der Waals surface area contributed by atoms with E-state index in [-0.39, 0.29) is 11.8 Å². The molecule has 1 aromatic rings. The zero-order chi connectivity index (χ0) is 18.2. The van der Waals surface area contributed by atoms with E-state index >= 15 is 0 Å². The highest BCUT2D eigenvalue weighted by molar-refractivity contribution is 6.41. The highest BCUT2D eigenvalue weighted by Gasteiger charge is 2.24. The Labute approximate surface area is 159 Å². The van der Waals surface area contributed by atoms with E-state index in [4.69, 9.17) is 23.2 Å². The number of hydrogen-bond acceptors (Lipinski definition) is 2. The standard InChI is InChI=1S/C17H27Cl2N5O/c1-3-20-17(23-11-13-10-14(18)15(19)24(13)2)22-9-5-8-21-16(25)12-6-4-7-12/h10,12H,3-9,11H2,1-2H3,(H,21,25)(H2,20,22,23). The van der Waals surface area contributed by atoms with Crippen molar-refractivity contribution in [3.05, 3.63) is 21.9 Å². The number of nitrogens with one attached hydrogen (secondary N) is 3. The minimum atomic E-state index is 0.198. The van der Waals surface area contributed by atoms with Gasteiger partial charge in [-0.1, -0.05) is 29.6 Å². The van der Waals surface area contributed by atoms with E-state index in [2.05, 4.69) is 20.9 Å². The summed E-state index contributed by atoms with van der Waals surface area (Å²) in [6.45, 7) is 4.71. The van der Waals surface area contributed by atoms with Crippen LogP contribution < -0.4 is 16.0 Å². The molecule has 0 spiro atoms. The normalized spacial score (nSPS) is 15.0. The molecule has 3 N–H and O–H groups in total. The molecule has 0 aromatic carbocycles. The zero-order valence-corrected chi connectivity index (χ0v) is 16.4. The SMILES string of the molecule is CCNC(=NCc1cc(Cl)c(Cl)n1C)NCCCNC(=O)C1CCC1. The average Bonchev–Trinajstić information content (AvgIpc) is 2.77. The molecule has 1 fully saturated rings. The highest BCUT2D eigenvalue weighted by Crippen LogP contribution is 2.26. The molecule has 0 saturated heterocycles. The summed E-state index contributed by atoms with van der Waals surface area (Å²) >= 11 is 12.1. The van der Waals surface area contributed by atoms with Crippen LogP contribution in [-0.4, -0.2) is 36.1 Å². The number of halogens is 2. The number of carbonyl (C=O) groups excluding carboxylic acids is 1. The molecule has 1 heterocycles. The smallest absolute Gasteiger partial charge is 0.223 e. The minimum Gasteiger partial charge on any atom is -0.357 e. The van der Waals surface area contributed by atoms with Crippen LogP contribution in [0.5, 0.6) is 0 Å². The molecule has 6 nitrogen and oxygen atoms in total. The van der Waals surface area contributed by atoms with Crippen molar-refractivity contribution < 1.29 is 4.79 Å². The lowest BCUT2D eigenvalue weighted by Crippen LogP contribution is -2.39. The van der Waals surface area contributed by atoms with Crippen molar-refractivity contribution in [3.63, 3.8) is 0 Å². The van der Waals surface area contributed by atoms with Gasteiger partial charge in [-0.3, -0.25) is 4.79 Å². The molecule has 0 bridgehead atoms. The van der Waals surface area contributed by atoms with Gasteiger partial charge in [-0.2, -0.15) is 0 Å². The monoisotopic (exact) mass is 387 g/mol. The Kier molecular flexibility index (Phi) is 7.90. The lowest BCUT2D eigenvalue weighted by Gasteiger charge is -2.24. The Balaban J connectivity index is 1.73. The van der Waals surface area contributed by atoms with Crippen LogP contribution in [-0.2, 0) is 18.4 Å². The second-order valence-corrected chi connectivity index (χ2v) is 6.99. The van der Waals surface area contributed by atoms with Crippen molar-refractivity contribution in [2.24, 2.45) is 18.0 Å². The predicted octanol–water partition coefficient (Wildman–Crippen LogP) is 2.69. The van der Waals surface area contributed by atoms with Crippen LogP contribution in [0.3, 0.4) is 0 Å². The van der Waals surface area contributed by atoms with Gasteiger partial charge in [-0.25, -0.2) is 4.99 Å². The summed E-state index contributed by atoms with van der Waals surface area (Å²) < 4.78 is 1.83. The second-order valence-electron chi connectivity index (χ2n) is 6.23. The zero-order valence-electron chi connectivity index (χ0n) is 14.9. The molecule has 0 aliphatic heterocycles. The molecular weight excluding hydrogens is 361 g/mol. The largest absolute Gasteiger partial charge is 0.357 e. The predicted molar refractivity (Wildman–Crippen MR) is 103 cm³/mol. The topological polar surface area (TPSA) is 70.5 Å². The molecule has 0 atom stereocenters. The second kappa shape index (κ2) is 9.92. The summed E-state index contributed by atoms with van der Waals surface area (Å²) in [5, 5.41) is 10.5. The Morgan fingerprint density at radius 1 is 1.28 bits per heavy atom. The van der Waals surface area contributed by atoms with Gasteiger partial charge in [-0.05, 0) is 32.3 Å². The van der Waals surface area contributed by atoms with E-state index in [0.29, 0.717) is 23.3 Å². The first-order valence-electron chi connectivity index (χ1n) is 8.82. The number of guanidine groups is 1. The third kappa shape index (κ3) is 5.82. The van der Waals surface area contributed by atoms with Crippen molar-refractivity contribution >= 4 is 35.1 Å². The molecule has 25 heavy (non-hydrogen) atoms. The Hall–Kier alpha value is -1.40. The molecule has 1 saturated carbocycles. The van der Waals surface area contributed by atoms with Gasteiger partial charge in [0.25, 0.3) is 0 Å². The third-order valence-corrected chi connectivity index (χ3v) is 5.22. The average molecular weight is 388 g/mol. The fourth-order valence-electron chi connectivity index (χ4n) is 2.56. The van der Waals surface area contributed by atoms with Crippen molar-refractivity contribution in [2.75, 3.05) is 19.6 Å². The molecule has 1 amide bonds. The molecular formula is C17H27Cl2N5O. The van der Waals surface area contributed by atoms with Gasteiger partial charge < -0.3 is 20.5 Å². The van der Waals surface area contributed by atoms with Crippen molar-refractivity contribution in [3.8, 4) is 0 Å². The number of hydrogen-bond donors (Lipinski definition) is 3. The summed E-state index contributed by atoms with van der Waals surface area (Å²) in [5.41, 5.74) is 0.944. The number of nitrogens with zero attached hydrogens (tertiary/aromatic N) is 2. The fraction of sp³-hybridized carbons (Fsp3) is 0.647. The molecule has 1 aliphatic carbocycles. The maximum absolute atomic E-state index is 11.8. The van der Waals surface area contributed by atoms with E-state index in [9.17, 15) is 4.79 Å². The lowest BCUT2D eigenvalue weighted by molar-refractivity contribution is -0.127. The number of carbonyl (C=O) groups is 1. The van der Waals surface area contributed by atoms with Crippen molar-refractivity contribution in [1.82, 2.24) is 20.5 Å². The van der Waals surface area contributed by atoms with E-state index in [1.54, 1.807) is 0 Å². The van der Waals surface area contributed by atoms with Crippen molar-refractivity contribution in [1.29, 1.82) is 0 Å². The van der Waals surface area contributed by atoms with E-state index in [1.807, 2.05) is 24.6 Å². The third-order valence-electron chi connectivity index (χ3n) is 4.38. The van der Waals surface area contributed by atoms with Gasteiger partial charge in [0.2, 0.25) is 5.91 Å². The molecule has 0 radical (unpaired) electrons. The van der Waals surface area contributed by atoms with Gasteiger partial charge >= 0.3 is 0 Å². The van der Waals surface area contributed by atoms with E-state index in [0.717, 1.165) is 44.0 Å². The first kappa shape index (κ1) is 19.9. The van der Waals surface area contributed by atoms with Crippen LogP contribution in [0.4, 0.5) is 0 Å². The van der Waals surface area contributed by atoms with Gasteiger partial charge in [0.05, 0.1) is 11.6 Å². The van der Waals surface area contributed by atoms with Gasteiger partial charge in [0.1, 0.15) is 5.15 Å². The summed E-state index contributed by atoms with van der Waals surface area (Å²) in [6, 6.07) is 1.83. The highest BCUT2D eigenvalue weighted by atomic mass is 35.5. The summed E-state index contributed by atoms with van der Waals surface area (Å²) in [7, 11) is 1.87. The fourth-order valence-corrected chi connectivity index (χ4v) is 2.98. The number of amides is 1. The molecule has 140 valence electrons. The van der Waals surface area contributed by atoms with Crippen LogP contribution in [0.15, 0.2) is 11.1 Å². The first-order valence-corrected chi connectivity index (χ1v) is 9.58. The quantitative estimate of drug-likeness (QED) is 0.364. The maximum atomic E-state index is 11.8. The van der Waals surface area contributed by atoms with Crippen LogP contribution in [0.2, 0.25) is 10.2 Å². The van der Waals surface area contributed by atoms with Gasteiger partial charge in [0.15, 0.2) is 5.96 Å². The Morgan fingerprint density at radius 3 is 2.56 bits per heavy atom. The van der Waals surface area contributed by atoms with Crippen LogP contribution in [0.1, 0.15) is 38.3 Å². The van der Waals surface area contributed by atoms with Crippen molar-refractivity contribution in [2.45, 2.75) is 39.2 Å². The van der Waals surface area contributed by atoms with E-state index < -0.39 is 0 Å². The molecule has 8 heteroatoms. The Morgan fingerprint density at radius 2 is 2.00 bits per heavy atom. The number of rotatable bonds is 8. The molecule has 0 unspecified atom stereocenters. The maximum Gasteiger partial charge on any atom is 0.223 e. The van der Waals surface area contributed by atoms with Crippen LogP contribution in [0.25, 0.3) is 0 Å². The van der Waals surface area contributed by atoms with E-state index in [1.165, 1.54) is 6.42 Å². The first-order chi connectivity index (χ1) is 12.0. The molecule has 2 rings (SSSR count). The van der Waals surface area contributed by atoms with Gasteiger partial charge in [-0.15, -0.1) is 0 Å². The summed E-state index contributed by atoms with van der Waals surface area (Å²) in [5.74, 6) is 1.18. The summed E-state index contributed by atoms with van der Waals surface area (Å²) in [4.78, 5) is 16.3. The number of aromatic nitrogens is 1. The van der Waals surface area contributed by atoms with Crippen LogP contribution in [0, 0.1) is 5.92 Å². The lowest BCUT2D eigenvalue weighted by atomic mass is 9.85.